The van der Waals surface area contributed by atoms with E-state index in [4.69, 9.17) is 11.5 Å². The predicted molar refractivity (Wildman–Crippen MR) is 104 cm³/mol. The third-order valence-corrected chi connectivity index (χ3v) is 5.39. The SMILES string of the molecule is NC(=O)c1nsc(C(=O)N(CC(=O)NC2CCCC2)c2cccc(F)c2)c1N. The van der Waals surface area contributed by atoms with E-state index in [2.05, 4.69) is 9.69 Å². The van der Waals surface area contributed by atoms with Gasteiger partial charge in [0, 0.05) is 11.7 Å². The van der Waals surface area contributed by atoms with E-state index in [-0.39, 0.29) is 40.4 Å². The summed E-state index contributed by atoms with van der Waals surface area (Å²) in [6.07, 6.45) is 3.88. The van der Waals surface area contributed by atoms with Gasteiger partial charge in [0.05, 0.1) is 5.69 Å². The lowest BCUT2D eigenvalue weighted by Crippen LogP contribution is -2.43. The van der Waals surface area contributed by atoms with Gasteiger partial charge in [-0.1, -0.05) is 18.9 Å². The normalized spacial score (nSPS) is 14.0. The lowest BCUT2D eigenvalue weighted by atomic mass is 10.2. The van der Waals surface area contributed by atoms with Gasteiger partial charge in [0.25, 0.3) is 11.8 Å². The van der Waals surface area contributed by atoms with Crippen molar-refractivity contribution in [3.8, 4) is 0 Å². The first kappa shape index (κ1) is 19.7. The molecule has 0 radical (unpaired) electrons. The molecule has 1 fully saturated rings. The average Bonchev–Trinajstić information content (AvgIpc) is 3.28. The van der Waals surface area contributed by atoms with Crippen molar-refractivity contribution < 1.29 is 18.8 Å². The molecule has 0 spiro atoms. The number of rotatable bonds is 6. The Bertz CT molecular complexity index is 910. The zero-order valence-corrected chi connectivity index (χ0v) is 15.8. The van der Waals surface area contributed by atoms with E-state index >= 15 is 0 Å². The molecule has 2 aromatic rings. The number of aromatic nitrogens is 1. The van der Waals surface area contributed by atoms with Crippen molar-refractivity contribution in [1.82, 2.24) is 9.69 Å². The Balaban J connectivity index is 1.88. The minimum absolute atomic E-state index is 0.0354. The first-order valence-electron chi connectivity index (χ1n) is 8.78. The molecule has 5 N–H and O–H groups in total. The highest BCUT2D eigenvalue weighted by atomic mass is 32.1. The summed E-state index contributed by atoms with van der Waals surface area (Å²) < 4.78 is 17.5. The van der Waals surface area contributed by atoms with Crippen LogP contribution in [-0.4, -0.2) is 34.7 Å². The second-order valence-corrected chi connectivity index (χ2v) is 7.33. The topological polar surface area (TPSA) is 131 Å². The molecule has 10 heteroatoms. The largest absolute Gasteiger partial charge is 0.395 e. The van der Waals surface area contributed by atoms with E-state index < -0.39 is 17.6 Å². The van der Waals surface area contributed by atoms with Crippen molar-refractivity contribution in [2.75, 3.05) is 17.2 Å². The first-order chi connectivity index (χ1) is 13.4. The Morgan fingerprint density at radius 1 is 1.29 bits per heavy atom. The summed E-state index contributed by atoms with van der Waals surface area (Å²) in [5.74, 6) is -2.43. The zero-order valence-electron chi connectivity index (χ0n) is 15.0. The molecule has 0 unspecified atom stereocenters. The highest BCUT2D eigenvalue weighted by Gasteiger charge is 2.28. The molecule has 1 aromatic carbocycles. The monoisotopic (exact) mass is 405 g/mol. The van der Waals surface area contributed by atoms with Crippen LogP contribution in [0.15, 0.2) is 24.3 Å². The van der Waals surface area contributed by atoms with Gasteiger partial charge in [-0.3, -0.25) is 19.3 Å². The highest BCUT2D eigenvalue weighted by Crippen LogP contribution is 2.26. The Morgan fingerprint density at radius 2 is 2.00 bits per heavy atom. The van der Waals surface area contributed by atoms with Gasteiger partial charge in [-0.15, -0.1) is 0 Å². The second-order valence-electron chi connectivity index (χ2n) is 6.56. The third-order valence-electron chi connectivity index (χ3n) is 4.54. The maximum atomic E-state index is 13.7. The van der Waals surface area contributed by atoms with Crippen LogP contribution in [0.1, 0.15) is 45.8 Å². The summed E-state index contributed by atoms with van der Waals surface area (Å²) in [5.41, 5.74) is 10.9. The van der Waals surface area contributed by atoms with Crippen LogP contribution in [0.4, 0.5) is 15.8 Å². The van der Waals surface area contributed by atoms with Crippen LogP contribution >= 0.6 is 11.5 Å². The molecule has 0 aliphatic heterocycles. The number of amides is 3. The minimum atomic E-state index is -0.857. The maximum absolute atomic E-state index is 13.7. The number of nitrogen functional groups attached to an aromatic ring is 1. The number of halogens is 1. The van der Waals surface area contributed by atoms with Gasteiger partial charge in [0.15, 0.2) is 5.69 Å². The standard InChI is InChI=1S/C18H20FN5O3S/c19-10-4-3-7-12(8-10)24(9-13(25)22-11-5-1-2-6-11)18(27)16-14(20)15(17(21)26)23-28-16/h3-4,7-8,11H,1-2,5-6,9,20H2,(H2,21,26)(H,22,25). The summed E-state index contributed by atoms with van der Waals surface area (Å²) in [4.78, 5) is 38.0. The number of benzene rings is 1. The summed E-state index contributed by atoms with van der Waals surface area (Å²) in [5, 5.41) is 2.89. The van der Waals surface area contributed by atoms with Gasteiger partial charge >= 0.3 is 0 Å². The van der Waals surface area contributed by atoms with Crippen LogP contribution in [-0.2, 0) is 4.79 Å². The van der Waals surface area contributed by atoms with Crippen LogP contribution in [0.3, 0.4) is 0 Å². The van der Waals surface area contributed by atoms with Gasteiger partial charge in [-0.2, -0.15) is 4.37 Å². The minimum Gasteiger partial charge on any atom is -0.395 e. The van der Waals surface area contributed by atoms with Crippen LogP contribution in [0.5, 0.6) is 0 Å². The Kier molecular flexibility index (Phi) is 5.88. The number of nitrogens with one attached hydrogen (secondary N) is 1. The Labute approximate surface area is 164 Å². The fourth-order valence-corrected chi connectivity index (χ4v) is 3.92. The summed E-state index contributed by atoms with van der Waals surface area (Å²) in [6.45, 7) is -0.317. The van der Waals surface area contributed by atoms with E-state index in [1.807, 2.05) is 0 Å². The van der Waals surface area contributed by atoms with Gasteiger partial charge in [-0.05, 0) is 42.6 Å². The number of hydrogen-bond acceptors (Lipinski definition) is 6. The molecular weight excluding hydrogens is 385 g/mol. The third kappa shape index (κ3) is 4.28. The van der Waals surface area contributed by atoms with E-state index in [0.29, 0.717) is 11.5 Å². The fraction of sp³-hybridized carbons (Fsp3) is 0.333. The van der Waals surface area contributed by atoms with Crippen LogP contribution < -0.4 is 21.7 Å². The maximum Gasteiger partial charge on any atom is 0.272 e. The number of nitrogens with two attached hydrogens (primary N) is 2. The molecule has 3 rings (SSSR count). The molecule has 0 atom stereocenters. The number of carbonyl (C=O) groups excluding carboxylic acids is 3. The van der Waals surface area contributed by atoms with Crippen molar-refractivity contribution >= 4 is 40.6 Å². The van der Waals surface area contributed by atoms with E-state index in [1.54, 1.807) is 0 Å². The molecular formula is C18H20FN5O3S. The molecule has 1 heterocycles. The predicted octanol–water partition coefficient (Wildman–Crippen LogP) is 1.67. The van der Waals surface area contributed by atoms with Crippen molar-refractivity contribution in [2.45, 2.75) is 31.7 Å². The highest BCUT2D eigenvalue weighted by molar-refractivity contribution is 7.09. The molecule has 8 nitrogen and oxygen atoms in total. The van der Waals surface area contributed by atoms with Crippen LogP contribution in [0.2, 0.25) is 0 Å². The quantitative estimate of drug-likeness (QED) is 0.673. The fourth-order valence-electron chi connectivity index (χ4n) is 3.16. The second kappa shape index (κ2) is 8.34. The Morgan fingerprint density at radius 3 is 2.61 bits per heavy atom. The van der Waals surface area contributed by atoms with E-state index in [9.17, 15) is 18.8 Å². The zero-order chi connectivity index (χ0) is 20.3. The van der Waals surface area contributed by atoms with Crippen molar-refractivity contribution in [3.63, 3.8) is 0 Å². The molecule has 1 saturated carbocycles. The molecule has 148 valence electrons. The van der Waals surface area contributed by atoms with Crippen molar-refractivity contribution in [1.29, 1.82) is 0 Å². The smallest absolute Gasteiger partial charge is 0.272 e. The van der Waals surface area contributed by atoms with Crippen LogP contribution in [0.25, 0.3) is 0 Å². The molecule has 0 bridgehead atoms. The number of anilines is 2. The number of carbonyl (C=O) groups is 3. The van der Waals surface area contributed by atoms with E-state index in [0.717, 1.165) is 36.6 Å². The van der Waals surface area contributed by atoms with Crippen molar-refractivity contribution in [2.24, 2.45) is 5.73 Å². The molecule has 0 saturated heterocycles. The van der Waals surface area contributed by atoms with Gasteiger partial charge in [0.1, 0.15) is 17.2 Å². The average molecular weight is 405 g/mol. The summed E-state index contributed by atoms with van der Waals surface area (Å²) >= 11 is 0.707. The van der Waals surface area contributed by atoms with Gasteiger partial charge in [-0.25, -0.2) is 4.39 Å². The number of primary amides is 1. The first-order valence-corrected chi connectivity index (χ1v) is 9.56. The molecule has 1 aliphatic rings. The molecule has 1 aliphatic carbocycles. The molecule has 3 amide bonds. The van der Waals surface area contributed by atoms with Crippen LogP contribution in [0, 0.1) is 5.82 Å². The van der Waals surface area contributed by atoms with Gasteiger partial charge < -0.3 is 16.8 Å². The van der Waals surface area contributed by atoms with Crippen molar-refractivity contribution in [3.05, 3.63) is 40.7 Å². The number of hydrogen-bond donors (Lipinski definition) is 3. The molecule has 1 aromatic heterocycles. The lowest BCUT2D eigenvalue weighted by Gasteiger charge is -2.23. The number of nitrogens with zero attached hydrogens (tertiary/aromatic N) is 2. The summed E-state index contributed by atoms with van der Waals surface area (Å²) in [6, 6.07) is 5.40. The van der Waals surface area contributed by atoms with Gasteiger partial charge in [0.2, 0.25) is 5.91 Å². The van der Waals surface area contributed by atoms with E-state index in [1.165, 1.54) is 18.2 Å². The Hall–Kier alpha value is -3.01. The molecule has 28 heavy (non-hydrogen) atoms. The summed E-state index contributed by atoms with van der Waals surface area (Å²) in [7, 11) is 0. The lowest BCUT2D eigenvalue weighted by molar-refractivity contribution is -0.120.